The van der Waals surface area contributed by atoms with Crippen molar-refractivity contribution in [2.45, 2.75) is 63.6 Å². The molecule has 256 valence electrons. The minimum Gasteiger partial charge on any atom is -0.495 e. The van der Waals surface area contributed by atoms with Crippen LogP contribution in [0, 0.1) is 11.8 Å². The van der Waals surface area contributed by atoms with Gasteiger partial charge in [0.15, 0.2) is 0 Å². The molecule has 1 atom stereocenters. The third kappa shape index (κ3) is 9.13. The number of imide groups is 1. The van der Waals surface area contributed by atoms with Gasteiger partial charge in [-0.3, -0.25) is 24.5 Å². The molecule has 2 fully saturated rings. The van der Waals surface area contributed by atoms with E-state index in [0.717, 1.165) is 76.0 Å². The first-order valence-electron chi connectivity index (χ1n) is 16.8. The maximum absolute atomic E-state index is 13.0. The second-order valence-electron chi connectivity index (χ2n) is 12.4. The Bertz CT molecular complexity index is 1540. The third-order valence-corrected chi connectivity index (χ3v) is 9.07. The number of benzene rings is 2. The Hall–Kier alpha value is -4.44. The van der Waals surface area contributed by atoms with E-state index in [0.29, 0.717) is 48.7 Å². The smallest absolute Gasteiger partial charge is 0.255 e. The van der Waals surface area contributed by atoms with Crippen LogP contribution in [0.3, 0.4) is 0 Å². The molecule has 5 N–H and O–H groups in total. The number of methoxy groups -OCH3 is 1. The van der Waals surface area contributed by atoms with Gasteiger partial charge in [0, 0.05) is 74.9 Å². The van der Waals surface area contributed by atoms with Crippen LogP contribution in [0.1, 0.15) is 76.8 Å². The van der Waals surface area contributed by atoms with Gasteiger partial charge in [-0.1, -0.05) is 17.9 Å². The fraction of sp³-hybridized carbons (Fsp3) is 0.500. The normalized spacial score (nSPS) is 18.2. The Labute approximate surface area is 282 Å². The SMILES string of the molecule is COc1cc(C(=O)NC2CCN(CCCOCCNCCCC#Cc3cccc4c3CN(C3CCC(=O)NC3=O)C4=O)CC2)ccc1N. The highest BCUT2D eigenvalue weighted by atomic mass is 16.5. The molecule has 0 spiro atoms. The molecule has 0 radical (unpaired) electrons. The lowest BCUT2D eigenvalue weighted by atomic mass is 10.0. The van der Waals surface area contributed by atoms with E-state index < -0.39 is 11.9 Å². The summed E-state index contributed by atoms with van der Waals surface area (Å²) < 4.78 is 11.0. The number of hydrogen-bond acceptors (Lipinski definition) is 9. The van der Waals surface area contributed by atoms with Crippen LogP contribution in [0.2, 0.25) is 0 Å². The van der Waals surface area contributed by atoms with Gasteiger partial charge in [-0.15, -0.1) is 0 Å². The average Bonchev–Trinajstić information content (AvgIpc) is 3.42. The van der Waals surface area contributed by atoms with Crippen molar-refractivity contribution in [2.75, 3.05) is 58.8 Å². The third-order valence-electron chi connectivity index (χ3n) is 9.07. The van der Waals surface area contributed by atoms with Crippen molar-refractivity contribution >= 4 is 29.3 Å². The van der Waals surface area contributed by atoms with Crippen LogP contribution in [-0.4, -0.2) is 98.6 Å². The van der Waals surface area contributed by atoms with Gasteiger partial charge < -0.3 is 35.6 Å². The number of ether oxygens (including phenoxy) is 2. The van der Waals surface area contributed by atoms with Gasteiger partial charge in [-0.05, 0) is 74.5 Å². The van der Waals surface area contributed by atoms with Crippen molar-refractivity contribution in [1.29, 1.82) is 0 Å². The molecule has 3 heterocycles. The van der Waals surface area contributed by atoms with E-state index in [2.05, 4.69) is 32.7 Å². The van der Waals surface area contributed by atoms with E-state index in [1.54, 1.807) is 36.3 Å². The number of nitrogens with one attached hydrogen (secondary N) is 3. The molecule has 0 aliphatic carbocycles. The monoisotopic (exact) mass is 658 g/mol. The van der Waals surface area contributed by atoms with Gasteiger partial charge >= 0.3 is 0 Å². The van der Waals surface area contributed by atoms with Crippen LogP contribution in [-0.2, 0) is 20.9 Å². The van der Waals surface area contributed by atoms with Crippen molar-refractivity contribution in [1.82, 2.24) is 25.8 Å². The summed E-state index contributed by atoms with van der Waals surface area (Å²) >= 11 is 0. The van der Waals surface area contributed by atoms with Gasteiger partial charge in [0.25, 0.3) is 11.8 Å². The number of carbonyl (C=O) groups is 4. The molecule has 2 aromatic carbocycles. The van der Waals surface area contributed by atoms with Crippen LogP contribution in [0.5, 0.6) is 5.75 Å². The number of piperidine rings is 2. The Morgan fingerprint density at radius 2 is 1.90 bits per heavy atom. The Balaban J connectivity index is 0.892. The molecule has 0 aromatic heterocycles. The van der Waals surface area contributed by atoms with Crippen LogP contribution < -0.4 is 26.4 Å². The van der Waals surface area contributed by atoms with Gasteiger partial charge in [0.1, 0.15) is 11.8 Å². The zero-order valence-electron chi connectivity index (χ0n) is 27.6. The number of carbonyl (C=O) groups excluding carboxylic acids is 4. The summed E-state index contributed by atoms with van der Waals surface area (Å²) in [4.78, 5) is 53.4. The number of fused-ring (bicyclic) bond motifs is 1. The molecule has 12 nitrogen and oxygen atoms in total. The van der Waals surface area contributed by atoms with E-state index in [4.69, 9.17) is 15.2 Å². The molecule has 3 aliphatic heterocycles. The standard InChI is InChI=1S/C36H46N6O6/c1-47-32-23-26(10-11-30(32)37)34(44)39-27-14-19-41(20-15-27)18-6-21-48-22-17-38-16-4-2-3-7-25-8-5-9-28-29(25)24-42(36(28)46)31-12-13-33(43)40-35(31)45/h5,8-11,23,27,31,38H,2,4,6,12-22,24,37H2,1H3,(H,39,44)(H,40,43,45). The van der Waals surface area contributed by atoms with Gasteiger partial charge in [0.05, 0.1) is 19.4 Å². The lowest BCUT2D eigenvalue weighted by Crippen LogP contribution is -2.52. The van der Waals surface area contributed by atoms with Crippen LogP contribution in [0.15, 0.2) is 36.4 Å². The lowest BCUT2D eigenvalue weighted by Gasteiger charge is -2.32. The van der Waals surface area contributed by atoms with Crippen LogP contribution >= 0.6 is 0 Å². The predicted octanol–water partition coefficient (Wildman–Crippen LogP) is 2.06. The van der Waals surface area contributed by atoms with Crippen molar-refractivity contribution in [3.05, 3.63) is 58.7 Å². The molecular weight excluding hydrogens is 612 g/mol. The molecule has 2 aromatic rings. The minimum absolute atomic E-state index is 0.0999. The number of nitrogen functional groups attached to an aromatic ring is 1. The quantitative estimate of drug-likeness (QED) is 0.103. The van der Waals surface area contributed by atoms with Crippen molar-refractivity contribution in [2.24, 2.45) is 0 Å². The first kappa shape index (κ1) is 34.9. The second-order valence-corrected chi connectivity index (χ2v) is 12.4. The summed E-state index contributed by atoms with van der Waals surface area (Å²) in [6, 6.07) is 10.1. The van der Waals surface area contributed by atoms with Crippen molar-refractivity contribution in [3.63, 3.8) is 0 Å². The predicted molar refractivity (Wildman–Crippen MR) is 181 cm³/mol. The fourth-order valence-corrected chi connectivity index (χ4v) is 6.35. The maximum Gasteiger partial charge on any atom is 0.255 e. The lowest BCUT2D eigenvalue weighted by molar-refractivity contribution is -0.136. The molecule has 0 bridgehead atoms. The summed E-state index contributed by atoms with van der Waals surface area (Å²) in [5.74, 6) is 5.96. The number of anilines is 1. The first-order valence-corrected chi connectivity index (χ1v) is 16.8. The molecule has 1 unspecified atom stereocenters. The molecule has 4 amide bonds. The summed E-state index contributed by atoms with van der Waals surface area (Å²) in [6.07, 6.45) is 5.01. The van der Waals surface area contributed by atoms with E-state index >= 15 is 0 Å². The molecule has 12 heteroatoms. The Morgan fingerprint density at radius 1 is 1.06 bits per heavy atom. The van der Waals surface area contributed by atoms with Crippen LogP contribution in [0.25, 0.3) is 0 Å². The number of rotatable bonds is 14. The zero-order valence-corrected chi connectivity index (χ0v) is 27.6. The summed E-state index contributed by atoms with van der Waals surface area (Å²) in [7, 11) is 1.54. The molecule has 0 saturated carbocycles. The number of nitrogens with zero attached hydrogens (tertiary/aromatic N) is 2. The number of hydrogen-bond donors (Lipinski definition) is 4. The van der Waals surface area contributed by atoms with E-state index in [1.807, 2.05) is 12.1 Å². The number of nitrogens with two attached hydrogens (primary N) is 1. The Kier molecular flexibility index (Phi) is 12.4. The maximum atomic E-state index is 13.0. The van der Waals surface area contributed by atoms with Gasteiger partial charge in [-0.2, -0.15) is 0 Å². The van der Waals surface area contributed by atoms with Crippen molar-refractivity contribution in [3.8, 4) is 17.6 Å². The minimum atomic E-state index is -0.628. The summed E-state index contributed by atoms with van der Waals surface area (Å²) in [5, 5.41) is 8.87. The largest absolute Gasteiger partial charge is 0.495 e. The number of amides is 4. The number of unbranched alkanes of at least 4 members (excludes halogenated alkanes) is 1. The van der Waals surface area contributed by atoms with Crippen LogP contribution in [0.4, 0.5) is 5.69 Å². The molecule has 3 aliphatic rings. The topological polar surface area (TPSA) is 155 Å². The first-order chi connectivity index (χ1) is 23.3. The fourth-order valence-electron chi connectivity index (χ4n) is 6.35. The molecule has 2 saturated heterocycles. The summed E-state index contributed by atoms with van der Waals surface area (Å²) in [6.45, 7) is 6.20. The highest BCUT2D eigenvalue weighted by Gasteiger charge is 2.39. The molecule has 5 rings (SSSR count). The highest BCUT2D eigenvalue weighted by molar-refractivity contribution is 6.05. The zero-order chi connectivity index (χ0) is 33.9. The second kappa shape index (κ2) is 17.1. The average molecular weight is 659 g/mol. The van der Waals surface area contributed by atoms with E-state index in [1.165, 1.54) is 0 Å². The van der Waals surface area contributed by atoms with Gasteiger partial charge in [-0.25, -0.2) is 0 Å². The summed E-state index contributed by atoms with van der Waals surface area (Å²) in [5.41, 5.74) is 9.16. The van der Waals surface area contributed by atoms with E-state index in [-0.39, 0.29) is 30.2 Å². The molecular formula is C36H46N6O6. The number of likely N-dealkylation sites (tertiary alicyclic amines) is 1. The Morgan fingerprint density at radius 3 is 2.69 bits per heavy atom. The van der Waals surface area contributed by atoms with Crippen molar-refractivity contribution < 1.29 is 28.7 Å². The highest BCUT2D eigenvalue weighted by Crippen LogP contribution is 2.29. The molecule has 48 heavy (non-hydrogen) atoms. The van der Waals surface area contributed by atoms with E-state index in [9.17, 15) is 19.2 Å². The van der Waals surface area contributed by atoms with Gasteiger partial charge in [0.2, 0.25) is 11.8 Å².